The van der Waals surface area contributed by atoms with Crippen LogP contribution in [0.15, 0.2) is 42.5 Å². The predicted octanol–water partition coefficient (Wildman–Crippen LogP) is 5.42. The lowest BCUT2D eigenvalue weighted by molar-refractivity contribution is 0.303. The lowest BCUT2D eigenvalue weighted by Gasteiger charge is -2.12. The molecule has 3 heteroatoms. The van der Waals surface area contributed by atoms with E-state index in [2.05, 4.69) is 19.1 Å². The Morgan fingerprint density at radius 2 is 1.86 bits per heavy atom. The highest BCUT2D eigenvalue weighted by molar-refractivity contribution is 6.30. The minimum Gasteiger partial charge on any atom is -0.493 e. The summed E-state index contributed by atoms with van der Waals surface area (Å²) in [7, 11) is 0. The van der Waals surface area contributed by atoms with Crippen LogP contribution in [0.5, 0.6) is 5.75 Å². The maximum Gasteiger partial charge on any atom is 0.122 e. The lowest BCUT2D eigenvalue weighted by Crippen LogP contribution is -2.03. The van der Waals surface area contributed by atoms with Gasteiger partial charge in [-0.3, -0.25) is 0 Å². The van der Waals surface area contributed by atoms with Crippen molar-refractivity contribution in [2.24, 2.45) is 0 Å². The standard InChI is InChI=1S/C19H20ClNO/c1-14-5-10-19(15(2)12-14)22-11-3-4-17(13-21)16-6-8-18(20)9-7-16/h5-10,12,17H,3-4,11H2,1-2H3. The van der Waals surface area contributed by atoms with Crippen LogP contribution in [0.25, 0.3) is 0 Å². The molecule has 0 amide bonds. The first-order chi connectivity index (χ1) is 10.6. The largest absolute Gasteiger partial charge is 0.493 e. The van der Waals surface area contributed by atoms with Crippen LogP contribution >= 0.6 is 11.6 Å². The molecule has 1 unspecified atom stereocenters. The van der Waals surface area contributed by atoms with Crippen molar-refractivity contribution in [2.75, 3.05) is 6.61 Å². The van der Waals surface area contributed by atoms with Crippen molar-refractivity contribution in [1.82, 2.24) is 0 Å². The van der Waals surface area contributed by atoms with Crippen molar-refractivity contribution in [2.45, 2.75) is 32.6 Å². The third-order valence-corrected chi connectivity index (χ3v) is 3.91. The summed E-state index contributed by atoms with van der Waals surface area (Å²) in [6.45, 7) is 4.74. The molecule has 114 valence electrons. The first-order valence-corrected chi connectivity index (χ1v) is 7.83. The second kappa shape index (κ2) is 7.87. The molecule has 2 rings (SSSR count). The van der Waals surface area contributed by atoms with Gasteiger partial charge in [0.25, 0.3) is 0 Å². The topological polar surface area (TPSA) is 33.0 Å². The Morgan fingerprint density at radius 3 is 2.50 bits per heavy atom. The first-order valence-electron chi connectivity index (χ1n) is 7.45. The van der Waals surface area contributed by atoms with Crippen molar-refractivity contribution in [3.63, 3.8) is 0 Å². The zero-order chi connectivity index (χ0) is 15.9. The Balaban J connectivity index is 1.84. The third kappa shape index (κ3) is 4.51. The Morgan fingerprint density at radius 1 is 1.14 bits per heavy atom. The molecule has 22 heavy (non-hydrogen) atoms. The van der Waals surface area contributed by atoms with Gasteiger partial charge in [0.05, 0.1) is 18.6 Å². The van der Waals surface area contributed by atoms with Gasteiger partial charge in [-0.25, -0.2) is 0 Å². The lowest BCUT2D eigenvalue weighted by atomic mass is 9.96. The van der Waals surface area contributed by atoms with E-state index in [0.717, 1.165) is 29.7 Å². The van der Waals surface area contributed by atoms with Crippen molar-refractivity contribution >= 4 is 11.6 Å². The van der Waals surface area contributed by atoms with Crippen molar-refractivity contribution in [3.8, 4) is 11.8 Å². The van der Waals surface area contributed by atoms with Crippen LogP contribution in [-0.2, 0) is 0 Å². The molecule has 0 aliphatic heterocycles. The molecule has 0 aromatic heterocycles. The van der Waals surface area contributed by atoms with Gasteiger partial charge in [-0.05, 0) is 56.0 Å². The Kier molecular flexibility index (Phi) is 5.86. The van der Waals surface area contributed by atoms with Crippen LogP contribution in [0.2, 0.25) is 5.02 Å². The summed E-state index contributed by atoms with van der Waals surface area (Å²) < 4.78 is 5.81. The molecule has 0 saturated heterocycles. The van der Waals surface area contributed by atoms with E-state index in [1.54, 1.807) is 0 Å². The molecule has 2 aromatic rings. The monoisotopic (exact) mass is 313 g/mol. The molecule has 0 radical (unpaired) electrons. The molecular formula is C19H20ClNO. The van der Waals surface area contributed by atoms with E-state index in [1.165, 1.54) is 5.56 Å². The van der Waals surface area contributed by atoms with Crippen LogP contribution in [0.1, 0.15) is 35.4 Å². The minimum atomic E-state index is -0.111. The van der Waals surface area contributed by atoms with Gasteiger partial charge in [0, 0.05) is 5.02 Å². The maximum absolute atomic E-state index is 9.32. The molecule has 2 aromatic carbocycles. The van der Waals surface area contributed by atoms with Crippen LogP contribution in [0.4, 0.5) is 0 Å². The molecule has 0 spiro atoms. The fraction of sp³-hybridized carbons (Fsp3) is 0.316. The summed E-state index contributed by atoms with van der Waals surface area (Å²) in [5.74, 6) is 0.811. The summed E-state index contributed by atoms with van der Waals surface area (Å²) in [5.41, 5.74) is 3.39. The fourth-order valence-corrected chi connectivity index (χ4v) is 2.56. The average Bonchev–Trinajstić information content (AvgIpc) is 2.50. The summed E-state index contributed by atoms with van der Waals surface area (Å²) in [5, 5.41) is 10.0. The molecule has 0 bridgehead atoms. The Bertz CT molecular complexity index is 658. The molecule has 0 saturated carbocycles. The minimum absolute atomic E-state index is 0.111. The average molecular weight is 314 g/mol. The van der Waals surface area contributed by atoms with E-state index in [9.17, 15) is 5.26 Å². The van der Waals surface area contributed by atoms with Crippen LogP contribution in [-0.4, -0.2) is 6.61 Å². The van der Waals surface area contributed by atoms with Gasteiger partial charge in [-0.15, -0.1) is 0 Å². The van der Waals surface area contributed by atoms with E-state index >= 15 is 0 Å². The van der Waals surface area contributed by atoms with Gasteiger partial charge < -0.3 is 4.74 Å². The Hall–Kier alpha value is -1.98. The van der Waals surface area contributed by atoms with Crippen LogP contribution in [0, 0.1) is 25.2 Å². The number of halogens is 1. The number of ether oxygens (including phenoxy) is 1. The summed E-state index contributed by atoms with van der Waals surface area (Å²) >= 11 is 5.88. The molecule has 0 aliphatic rings. The number of hydrogen-bond acceptors (Lipinski definition) is 2. The van der Waals surface area contributed by atoms with Crippen molar-refractivity contribution in [3.05, 3.63) is 64.2 Å². The highest BCUT2D eigenvalue weighted by Crippen LogP contribution is 2.23. The van der Waals surface area contributed by atoms with Crippen molar-refractivity contribution in [1.29, 1.82) is 5.26 Å². The number of aryl methyl sites for hydroxylation is 2. The molecule has 0 fully saturated rings. The highest BCUT2D eigenvalue weighted by Gasteiger charge is 2.10. The van der Waals surface area contributed by atoms with Crippen LogP contribution < -0.4 is 4.74 Å². The van der Waals surface area contributed by atoms with E-state index in [-0.39, 0.29) is 5.92 Å². The number of nitriles is 1. The van der Waals surface area contributed by atoms with Crippen molar-refractivity contribution < 1.29 is 4.74 Å². The maximum atomic E-state index is 9.32. The number of benzene rings is 2. The third-order valence-electron chi connectivity index (χ3n) is 3.65. The highest BCUT2D eigenvalue weighted by atomic mass is 35.5. The van der Waals surface area contributed by atoms with E-state index in [0.29, 0.717) is 11.6 Å². The second-order valence-corrected chi connectivity index (χ2v) is 5.93. The number of rotatable bonds is 6. The number of hydrogen-bond donors (Lipinski definition) is 0. The Labute approximate surface area is 137 Å². The van der Waals surface area contributed by atoms with Gasteiger partial charge in [0.15, 0.2) is 0 Å². The molecule has 0 aliphatic carbocycles. The number of nitrogens with zero attached hydrogens (tertiary/aromatic N) is 1. The van der Waals surface area contributed by atoms with Gasteiger partial charge in [0.1, 0.15) is 5.75 Å². The van der Waals surface area contributed by atoms with Gasteiger partial charge in [-0.1, -0.05) is 41.4 Å². The first kappa shape index (κ1) is 16.4. The predicted molar refractivity (Wildman–Crippen MR) is 90.5 cm³/mol. The molecule has 0 N–H and O–H groups in total. The van der Waals surface area contributed by atoms with E-state index < -0.39 is 0 Å². The quantitative estimate of drug-likeness (QED) is 0.667. The van der Waals surface area contributed by atoms with Gasteiger partial charge in [-0.2, -0.15) is 5.26 Å². The summed E-state index contributed by atoms with van der Waals surface area (Å²) in [4.78, 5) is 0. The van der Waals surface area contributed by atoms with E-state index in [4.69, 9.17) is 16.3 Å². The molecule has 2 nitrogen and oxygen atoms in total. The van der Waals surface area contributed by atoms with Gasteiger partial charge in [0.2, 0.25) is 0 Å². The SMILES string of the molecule is Cc1ccc(OCCCC(C#N)c2ccc(Cl)cc2)c(C)c1. The molecular weight excluding hydrogens is 294 g/mol. The molecule has 0 heterocycles. The molecule has 1 atom stereocenters. The zero-order valence-corrected chi connectivity index (χ0v) is 13.7. The van der Waals surface area contributed by atoms with Crippen LogP contribution in [0.3, 0.4) is 0 Å². The zero-order valence-electron chi connectivity index (χ0n) is 13.0. The van der Waals surface area contributed by atoms with Gasteiger partial charge >= 0.3 is 0 Å². The second-order valence-electron chi connectivity index (χ2n) is 5.49. The normalized spacial score (nSPS) is 11.7. The summed E-state index contributed by atoms with van der Waals surface area (Å²) in [6, 6.07) is 16.0. The smallest absolute Gasteiger partial charge is 0.122 e. The fourth-order valence-electron chi connectivity index (χ4n) is 2.43. The van der Waals surface area contributed by atoms with E-state index in [1.807, 2.05) is 43.3 Å². The summed E-state index contributed by atoms with van der Waals surface area (Å²) in [6.07, 6.45) is 1.62.